The molecule has 1 aliphatic rings. The van der Waals surface area contributed by atoms with Gasteiger partial charge >= 0.3 is 0 Å². The number of nitrogens with zero attached hydrogens (tertiary/aromatic N) is 2. The molecule has 3 aromatic rings. The minimum absolute atomic E-state index is 0.129. The van der Waals surface area contributed by atoms with Gasteiger partial charge in [-0.15, -0.1) is 0 Å². The predicted molar refractivity (Wildman–Crippen MR) is 106 cm³/mol. The largest absolute Gasteiger partial charge is 0.383 e. The molecule has 1 aliphatic heterocycles. The van der Waals surface area contributed by atoms with Crippen molar-refractivity contribution in [2.75, 3.05) is 30.5 Å². The van der Waals surface area contributed by atoms with Crippen molar-refractivity contribution < 1.29 is 14.3 Å². The standard InChI is InChI=1S/C20H19N3O3S/c1-26-11-10-23(20-22-16-8-4-5-9-17(16)27-20)19(25)14-12-18(24)21-15-7-3-2-6-13(14)15/h2-9,14H,10-12H2,1H3,(H,21,24)/t14-/m0/s1. The fraction of sp³-hybridized carbons (Fsp3) is 0.250. The second-order valence-electron chi connectivity index (χ2n) is 6.34. The van der Waals surface area contributed by atoms with Crippen LogP contribution >= 0.6 is 11.3 Å². The number of amides is 2. The van der Waals surface area contributed by atoms with E-state index in [4.69, 9.17) is 4.74 Å². The lowest BCUT2D eigenvalue weighted by Gasteiger charge is -2.29. The SMILES string of the molecule is COCCN(C(=O)[C@H]1CC(=O)Nc2ccccc21)c1nc2ccccc2s1. The lowest BCUT2D eigenvalue weighted by Crippen LogP contribution is -2.40. The Morgan fingerprint density at radius 3 is 2.85 bits per heavy atom. The lowest BCUT2D eigenvalue weighted by atomic mass is 9.89. The summed E-state index contributed by atoms with van der Waals surface area (Å²) in [6.45, 7) is 0.775. The Morgan fingerprint density at radius 1 is 1.26 bits per heavy atom. The molecular weight excluding hydrogens is 362 g/mol. The zero-order valence-corrected chi connectivity index (χ0v) is 15.7. The van der Waals surface area contributed by atoms with Crippen LogP contribution in [0.2, 0.25) is 0 Å². The maximum Gasteiger partial charge on any atom is 0.237 e. The van der Waals surface area contributed by atoms with Gasteiger partial charge in [-0.1, -0.05) is 41.7 Å². The first-order valence-electron chi connectivity index (χ1n) is 8.72. The topological polar surface area (TPSA) is 71.5 Å². The number of nitrogens with one attached hydrogen (secondary N) is 1. The third-order valence-electron chi connectivity index (χ3n) is 4.60. The molecule has 0 bridgehead atoms. The fourth-order valence-electron chi connectivity index (χ4n) is 3.28. The monoisotopic (exact) mass is 381 g/mol. The van der Waals surface area contributed by atoms with Crippen molar-refractivity contribution in [3.63, 3.8) is 0 Å². The third kappa shape index (κ3) is 3.43. The quantitative estimate of drug-likeness (QED) is 0.735. The molecule has 2 heterocycles. The Bertz CT molecular complexity index is 968. The molecule has 1 aromatic heterocycles. The van der Waals surface area contributed by atoms with Gasteiger partial charge in [-0.25, -0.2) is 4.98 Å². The first-order valence-corrected chi connectivity index (χ1v) is 9.53. The Hall–Kier alpha value is -2.77. The van der Waals surface area contributed by atoms with Gasteiger partial charge in [0.25, 0.3) is 0 Å². The molecule has 0 fully saturated rings. The maximum atomic E-state index is 13.4. The number of carbonyl (C=O) groups is 2. The second kappa shape index (κ2) is 7.46. The van der Waals surface area contributed by atoms with Gasteiger partial charge in [0.2, 0.25) is 11.8 Å². The number of rotatable bonds is 5. The first kappa shape index (κ1) is 17.6. The van der Waals surface area contributed by atoms with Crippen LogP contribution in [0, 0.1) is 0 Å². The van der Waals surface area contributed by atoms with Crippen LogP contribution in [0.15, 0.2) is 48.5 Å². The highest BCUT2D eigenvalue weighted by Crippen LogP contribution is 2.36. The molecule has 27 heavy (non-hydrogen) atoms. The summed E-state index contributed by atoms with van der Waals surface area (Å²) >= 11 is 1.47. The van der Waals surface area contributed by atoms with Crippen LogP contribution in [-0.4, -0.2) is 37.1 Å². The summed E-state index contributed by atoms with van der Waals surface area (Å²) in [5.41, 5.74) is 2.39. The third-order valence-corrected chi connectivity index (χ3v) is 5.66. The summed E-state index contributed by atoms with van der Waals surface area (Å²) in [7, 11) is 1.60. The number of thiazole rings is 1. The Balaban J connectivity index is 1.72. The average Bonchev–Trinajstić information content (AvgIpc) is 3.11. The van der Waals surface area contributed by atoms with Crippen LogP contribution in [0.5, 0.6) is 0 Å². The summed E-state index contributed by atoms with van der Waals surface area (Å²) < 4.78 is 6.22. The first-order chi connectivity index (χ1) is 13.2. The number of anilines is 2. The highest BCUT2D eigenvalue weighted by Gasteiger charge is 2.34. The number of hydrogen-bond acceptors (Lipinski definition) is 5. The molecule has 4 rings (SSSR count). The van der Waals surface area contributed by atoms with Crippen LogP contribution in [0.1, 0.15) is 17.9 Å². The molecule has 7 heteroatoms. The van der Waals surface area contributed by atoms with E-state index in [1.54, 1.807) is 12.0 Å². The summed E-state index contributed by atoms with van der Waals surface area (Å²) in [5.74, 6) is -0.810. The normalized spacial score (nSPS) is 16.0. The molecule has 1 atom stereocenters. The molecule has 2 aromatic carbocycles. The van der Waals surface area contributed by atoms with E-state index in [0.29, 0.717) is 24.0 Å². The zero-order chi connectivity index (χ0) is 18.8. The van der Waals surface area contributed by atoms with E-state index in [1.165, 1.54) is 11.3 Å². The summed E-state index contributed by atoms with van der Waals surface area (Å²) in [6.07, 6.45) is 0.129. The highest BCUT2D eigenvalue weighted by atomic mass is 32.1. The van der Waals surface area contributed by atoms with E-state index in [1.807, 2.05) is 48.5 Å². The Kier molecular flexibility index (Phi) is 4.87. The molecular formula is C20H19N3O3S. The fourth-order valence-corrected chi connectivity index (χ4v) is 4.27. The van der Waals surface area contributed by atoms with E-state index < -0.39 is 5.92 Å². The van der Waals surface area contributed by atoms with Crippen LogP contribution in [0.3, 0.4) is 0 Å². The van der Waals surface area contributed by atoms with Gasteiger partial charge in [-0.2, -0.15) is 0 Å². The zero-order valence-electron chi connectivity index (χ0n) is 14.8. The maximum absolute atomic E-state index is 13.4. The molecule has 0 saturated heterocycles. The molecule has 0 radical (unpaired) electrons. The number of hydrogen-bond donors (Lipinski definition) is 1. The molecule has 2 amide bonds. The van der Waals surface area contributed by atoms with Crippen LogP contribution in [-0.2, 0) is 14.3 Å². The van der Waals surface area contributed by atoms with Crippen molar-refractivity contribution in [2.45, 2.75) is 12.3 Å². The summed E-state index contributed by atoms with van der Waals surface area (Å²) in [4.78, 5) is 31.9. The molecule has 0 spiro atoms. The van der Waals surface area contributed by atoms with E-state index >= 15 is 0 Å². The van der Waals surface area contributed by atoms with Crippen LogP contribution < -0.4 is 10.2 Å². The number of benzene rings is 2. The van der Waals surface area contributed by atoms with Crippen LogP contribution in [0.4, 0.5) is 10.8 Å². The van der Waals surface area contributed by atoms with Gasteiger partial charge < -0.3 is 10.1 Å². The summed E-state index contributed by atoms with van der Waals surface area (Å²) in [6, 6.07) is 15.2. The average molecular weight is 381 g/mol. The number of fused-ring (bicyclic) bond motifs is 2. The Labute approximate surface area is 160 Å². The van der Waals surface area contributed by atoms with Gasteiger partial charge in [-0.3, -0.25) is 14.5 Å². The smallest absolute Gasteiger partial charge is 0.237 e. The van der Waals surface area contributed by atoms with E-state index in [-0.39, 0.29) is 18.2 Å². The van der Waals surface area contributed by atoms with Gasteiger partial charge in [0, 0.05) is 19.2 Å². The van der Waals surface area contributed by atoms with Gasteiger partial charge in [-0.05, 0) is 23.8 Å². The van der Waals surface area contributed by atoms with E-state index in [0.717, 1.165) is 15.8 Å². The van der Waals surface area contributed by atoms with Crippen molar-refractivity contribution in [1.82, 2.24) is 4.98 Å². The molecule has 6 nitrogen and oxygen atoms in total. The number of carbonyl (C=O) groups excluding carboxylic acids is 2. The van der Waals surface area contributed by atoms with Gasteiger partial charge in [0.1, 0.15) is 0 Å². The number of para-hydroxylation sites is 2. The molecule has 138 valence electrons. The van der Waals surface area contributed by atoms with Crippen molar-refractivity contribution >= 4 is 44.2 Å². The minimum Gasteiger partial charge on any atom is -0.383 e. The number of aromatic nitrogens is 1. The van der Waals surface area contributed by atoms with Crippen molar-refractivity contribution in [3.05, 3.63) is 54.1 Å². The van der Waals surface area contributed by atoms with E-state index in [2.05, 4.69) is 10.3 Å². The predicted octanol–water partition coefficient (Wildman–Crippen LogP) is 3.40. The molecule has 0 saturated carbocycles. The molecule has 0 unspecified atom stereocenters. The number of methoxy groups -OCH3 is 1. The Morgan fingerprint density at radius 2 is 2.04 bits per heavy atom. The second-order valence-corrected chi connectivity index (χ2v) is 7.35. The number of ether oxygens (including phenoxy) is 1. The minimum atomic E-state index is -0.529. The van der Waals surface area contributed by atoms with E-state index in [9.17, 15) is 9.59 Å². The van der Waals surface area contributed by atoms with Crippen molar-refractivity contribution in [1.29, 1.82) is 0 Å². The molecule has 0 aliphatic carbocycles. The molecule has 1 N–H and O–H groups in total. The van der Waals surface area contributed by atoms with Crippen molar-refractivity contribution in [3.8, 4) is 0 Å². The van der Waals surface area contributed by atoms with Crippen LogP contribution in [0.25, 0.3) is 10.2 Å². The van der Waals surface area contributed by atoms with Gasteiger partial charge in [0.15, 0.2) is 5.13 Å². The highest BCUT2D eigenvalue weighted by molar-refractivity contribution is 7.22. The summed E-state index contributed by atoms with van der Waals surface area (Å²) in [5, 5.41) is 3.47. The lowest BCUT2D eigenvalue weighted by molar-refractivity contribution is -0.124. The van der Waals surface area contributed by atoms with Gasteiger partial charge in [0.05, 0.1) is 29.3 Å². The van der Waals surface area contributed by atoms with Crippen molar-refractivity contribution in [2.24, 2.45) is 0 Å².